The van der Waals surface area contributed by atoms with E-state index in [2.05, 4.69) is 44.8 Å². The van der Waals surface area contributed by atoms with Gasteiger partial charge < -0.3 is 5.32 Å². The highest BCUT2D eigenvalue weighted by molar-refractivity contribution is 8.00. The highest BCUT2D eigenvalue weighted by Crippen LogP contribution is 2.43. The van der Waals surface area contributed by atoms with Gasteiger partial charge in [0.15, 0.2) is 0 Å². The molecule has 0 aromatic heterocycles. The molecular weight excluding hydrogens is 190 g/mol. The SMILES string of the molecule is CC1(C)CCC2NC(C)(C)CSC2C1. The van der Waals surface area contributed by atoms with Crippen LogP contribution in [0.2, 0.25) is 0 Å². The fraction of sp³-hybridized carbons (Fsp3) is 1.00. The molecule has 2 atom stereocenters. The van der Waals surface area contributed by atoms with E-state index in [1.54, 1.807) is 0 Å². The van der Waals surface area contributed by atoms with E-state index in [-0.39, 0.29) is 0 Å². The Morgan fingerprint density at radius 3 is 2.64 bits per heavy atom. The van der Waals surface area contributed by atoms with Gasteiger partial charge in [0.1, 0.15) is 0 Å². The average molecular weight is 213 g/mol. The maximum atomic E-state index is 3.81. The van der Waals surface area contributed by atoms with Gasteiger partial charge in [0.25, 0.3) is 0 Å². The van der Waals surface area contributed by atoms with Gasteiger partial charge in [0.05, 0.1) is 0 Å². The highest BCUT2D eigenvalue weighted by Gasteiger charge is 2.40. The van der Waals surface area contributed by atoms with Gasteiger partial charge in [0, 0.05) is 22.6 Å². The van der Waals surface area contributed by atoms with E-state index in [1.807, 2.05) is 0 Å². The zero-order valence-electron chi connectivity index (χ0n) is 9.89. The molecule has 0 bridgehead atoms. The molecule has 2 heteroatoms. The third-order valence-electron chi connectivity index (χ3n) is 3.57. The third-order valence-corrected chi connectivity index (χ3v) is 5.38. The molecule has 0 amide bonds. The van der Waals surface area contributed by atoms with Gasteiger partial charge in [-0.1, -0.05) is 13.8 Å². The molecule has 0 radical (unpaired) electrons. The number of hydrogen-bond donors (Lipinski definition) is 1. The molecule has 82 valence electrons. The summed E-state index contributed by atoms with van der Waals surface area (Å²) in [5.41, 5.74) is 0.935. The van der Waals surface area contributed by atoms with Crippen LogP contribution >= 0.6 is 11.8 Å². The second-order valence-corrected chi connectivity index (χ2v) is 7.62. The van der Waals surface area contributed by atoms with Crippen molar-refractivity contribution in [3.05, 3.63) is 0 Å². The fourth-order valence-electron chi connectivity index (χ4n) is 2.72. The van der Waals surface area contributed by atoms with E-state index >= 15 is 0 Å². The first-order valence-electron chi connectivity index (χ1n) is 5.77. The van der Waals surface area contributed by atoms with Crippen LogP contribution in [0.15, 0.2) is 0 Å². The standard InChI is InChI=1S/C12H23NS/c1-11(2)6-5-9-10(7-11)14-8-12(3,4)13-9/h9-10,13H,5-8H2,1-4H3. The number of hydrogen-bond acceptors (Lipinski definition) is 2. The van der Waals surface area contributed by atoms with Crippen LogP contribution in [0.25, 0.3) is 0 Å². The molecule has 2 rings (SSSR count). The van der Waals surface area contributed by atoms with Crippen LogP contribution in [0.1, 0.15) is 47.0 Å². The van der Waals surface area contributed by atoms with Crippen LogP contribution in [0.5, 0.6) is 0 Å². The van der Waals surface area contributed by atoms with Gasteiger partial charge in [-0.3, -0.25) is 0 Å². The Labute approximate surface area is 92.4 Å². The van der Waals surface area contributed by atoms with Gasteiger partial charge in [-0.15, -0.1) is 0 Å². The molecule has 1 aliphatic carbocycles. The molecule has 1 saturated heterocycles. The highest BCUT2D eigenvalue weighted by atomic mass is 32.2. The molecule has 1 N–H and O–H groups in total. The lowest BCUT2D eigenvalue weighted by Gasteiger charge is -2.48. The monoisotopic (exact) mass is 213 g/mol. The normalized spacial score (nSPS) is 40.3. The molecule has 1 saturated carbocycles. The van der Waals surface area contributed by atoms with Gasteiger partial charge in [-0.2, -0.15) is 11.8 Å². The Kier molecular flexibility index (Phi) is 2.64. The number of rotatable bonds is 0. The molecule has 0 aromatic carbocycles. The smallest absolute Gasteiger partial charge is 0.0218 e. The summed E-state index contributed by atoms with van der Waals surface area (Å²) in [5.74, 6) is 1.27. The lowest BCUT2D eigenvalue weighted by molar-refractivity contribution is 0.187. The van der Waals surface area contributed by atoms with E-state index in [0.29, 0.717) is 11.0 Å². The van der Waals surface area contributed by atoms with E-state index in [0.717, 1.165) is 11.3 Å². The van der Waals surface area contributed by atoms with Crippen LogP contribution < -0.4 is 5.32 Å². The maximum absolute atomic E-state index is 3.81. The number of fused-ring (bicyclic) bond motifs is 1. The van der Waals surface area contributed by atoms with Crippen LogP contribution in [-0.4, -0.2) is 22.6 Å². The second kappa shape index (κ2) is 3.41. The molecule has 0 aromatic rings. The summed E-state index contributed by atoms with van der Waals surface area (Å²) in [7, 11) is 0. The topological polar surface area (TPSA) is 12.0 Å². The van der Waals surface area contributed by atoms with Crippen molar-refractivity contribution in [2.45, 2.75) is 63.8 Å². The maximum Gasteiger partial charge on any atom is 0.0218 e. The minimum Gasteiger partial charge on any atom is -0.307 e. The van der Waals surface area contributed by atoms with Crippen molar-refractivity contribution in [3.8, 4) is 0 Å². The van der Waals surface area contributed by atoms with Crippen molar-refractivity contribution in [2.24, 2.45) is 5.41 Å². The number of nitrogens with one attached hydrogen (secondary N) is 1. The van der Waals surface area contributed by atoms with Gasteiger partial charge in [-0.25, -0.2) is 0 Å². The Hall–Kier alpha value is 0.310. The first kappa shape index (κ1) is 10.8. The Morgan fingerprint density at radius 1 is 1.21 bits per heavy atom. The largest absolute Gasteiger partial charge is 0.307 e. The molecular formula is C12H23NS. The second-order valence-electron chi connectivity index (χ2n) is 6.39. The van der Waals surface area contributed by atoms with Crippen LogP contribution in [0.3, 0.4) is 0 Å². The van der Waals surface area contributed by atoms with Gasteiger partial charge in [0.2, 0.25) is 0 Å². The minimum atomic E-state index is 0.354. The fourth-order valence-corrected chi connectivity index (χ4v) is 4.44. The minimum absolute atomic E-state index is 0.354. The first-order valence-corrected chi connectivity index (χ1v) is 6.82. The average Bonchev–Trinajstić information content (AvgIpc) is 2.04. The number of thioether (sulfide) groups is 1. The summed E-state index contributed by atoms with van der Waals surface area (Å²) in [6, 6.07) is 0.775. The van der Waals surface area contributed by atoms with Crippen molar-refractivity contribution in [2.75, 3.05) is 5.75 Å². The molecule has 2 unspecified atom stereocenters. The van der Waals surface area contributed by atoms with E-state index < -0.39 is 0 Å². The Balaban J connectivity index is 2.01. The summed E-state index contributed by atoms with van der Waals surface area (Å²) in [5, 5.41) is 4.68. The van der Waals surface area contributed by atoms with Crippen LogP contribution in [0.4, 0.5) is 0 Å². The van der Waals surface area contributed by atoms with Gasteiger partial charge in [-0.05, 0) is 38.5 Å². The van der Waals surface area contributed by atoms with Crippen molar-refractivity contribution in [3.63, 3.8) is 0 Å². The van der Waals surface area contributed by atoms with Crippen LogP contribution in [-0.2, 0) is 0 Å². The van der Waals surface area contributed by atoms with Crippen LogP contribution in [0, 0.1) is 5.41 Å². The summed E-state index contributed by atoms with van der Waals surface area (Å²) in [4.78, 5) is 0. The molecule has 2 aliphatic rings. The predicted molar refractivity (Wildman–Crippen MR) is 64.9 cm³/mol. The Morgan fingerprint density at radius 2 is 1.93 bits per heavy atom. The summed E-state index contributed by atoms with van der Waals surface area (Å²) >= 11 is 2.19. The summed E-state index contributed by atoms with van der Waals surface area (Å²) < 4.78 is 0. The van der Waals surface area contributed by atoms with E-state index in [4.69, 9.17) is 0 Å². The van der Waals surface area contributed by atoms with Crippen molar-refractivity contribution in [1.82, 2.24) is 5.32 Å². The first-order chi connectivity index (χ1) is 6.38. The summed E-state index contributed by atoms with van der Waals surface area (Å²) in [6.45, 7) is 9.50. The molecule has 14 heavy (non-hydrogen) atoms. The quantitative estimate of drug-likeness (QED) is 0.664. The van der Waals surface area contributed by atoms with E-state index in [9.17, 15) is 0 Å². The lowest BCUT2D eigenvalue weighted by atomic mass is 9.74. The molecule has 0 spiro atoms. The molecule has 1 nitrogen and oxygen atoms in total. The zero-order valence-corrected chi connectivity index (χ0v) is 10.7. The predicted octanol–water partition coefficient (Wildman–Crippen LogP) is 3.05. The molecule has 1 heterocycles. The Bertz CT molecular complexity index is 198. The zero-order chi connectivity index (χ0) is 10.4. The van der Waals surface area contributed by atoms with Crippen molar-refractivity contribution >= 4 is 11.8 Å². The van der Waals surface area contributed by atoms with Crippen molar-refractivity contribution < 1.29 is 0 Å². The van der Waals surface area contributed by atoms with E-state index in [1.165, 1.54) is 25.0 Å². The van der Waals surface area contributed by atoms with Crippen molar-refractivity contribution in [1.29, 1.82) is 0 Å². The summed E-state index contributed by atoms with van der Waals surface area (Å²) in [6.07, 6.45) is 4.15. The molecule has 1 aliphatic heterocycles. The third kappa shape index (κ3) is 2.27. The van der Waals surface area contributed by atoms with Gasteiger partial charge >= 0.3 is 0 Å². The lowest BCUT2D eigenvalue weighted by Crippen LogP contribution is -2.58. The molecule has 2 fully saturated rings.